The van der Waals surface area contributed by atoms with E-state index in [1.807, 2.05) is 18.7 Å². The van der Waals surface area contributed by atoms with Gasteiger partial charge in [-0.15, -0.1) is 11.3 Å². The van der Waals surface area contributed by atoms with Crippen molar-refractivity contribution in [3.05, 3.63) is 16.1 Å². The largest absolute Gasteiger partial charge is 0.381 e. The first-order valence-electron chi connectivity index (χ1n) is 6.70. The molecule has 2 fully saturated rings. The Bertz CT molecular complexity index is 466. The molecular formula is C13H19N3OS2. The van der Waals surface area contributed by atoms with Crippen molar-refractivity contribution in [1.82, 2.24) is 10.3 Å². The van der Waals surface area contributed by atoms with E-state index in [0.29, 0.717) is 0 Å². The maximum absolute atomic E-state index is 5.44. The molecule has 2 saturated heterocycles. The molecule has 1 aromatic heterocycles. The Balaban J connectivity index is 1.51. The van der Waals surface area contributed by atoms with Crippen molar-refractivity contribution in [3.63, 3.8) is 0 Å². The number of ether oxygens (including phenoxy) is 1. The van der Waals surface area contributed by atoms with Gasteiger partial charge in [-0.1, -0.05) is 11.8 Å². The zero-order chi connectivity index (χ0) is 13.1. The van der Waals surface area contributed by atoms with Gasteiger partial charge in [-0.05, 0) is 19.8 Å². The maximum atomic E-state index is 5.44. The fourth-order valence-corrected chi connectivity index (χ4v) is 4.40. The molecule has 3 rings (SSSR count). The summed E-state index contributed by atoms with van der Waals surface area (Å²) in [5, 5.41) is 8.01. The molecule has 0 unspecified atom stereocenters. The van der Waals surface area contributed by atoms with Gasteiger partial charge in [0, 0.05) is 43.0 Å². The Kier molecular flexibility index (Phi) is 4.10. The quantitative estimate of drug-likeness (QED) is 0.929. The van der Waals surface area contributed by atoms with E-state index in [1.165, 1.54) is 5.01 Å². The number of aromatic nitrogens is 1. The van der Waals surface area contributed by atoms with Crippen LogP contribution in [0.2, 0.25) is 0 Å². The van der Waals surface area contributed by atoms with Crippen LogP contribution in [0.1, 0.15) is 23.5 Å². The SMILES string of the molecule is Cc1csc(CCN=C2NC3(CCOCC3)CS2)n1. The minimum atomic E-state index is 0.250. The predicted molar refractivity (Wildman–Crippen MR) is 81.2 cm³/mol. The monoisotopic (exact) mass is 297 g/mol. The van der Waals surface area contributed by atoms with Crippen molar-refractivity contribution in [3.8, 4) is 0 Å². The normalized spacial score (nSPS) is 23.9. The third-order valence-electron chi connectivity index (χ3n) is 3.55. The molecular weight excluding hydrogens is 278 g/mol. The summed E-state index contributed by atoms with van der Waals surface area (Å²) >= 11 is 3.58. The molecule has 2 aliphatic rings. The van der Waals surface area contributed by atoms with Gasteiger partial charge in [0.05, 0.1) is 10.5 Å². The summed E-state index contributed by atoms with van der Waals surface area (Å²) in [5.74, 6) is 1.13. The van der Waals surface area contributed by atoms with E-state index in [-0.39, 0.29) is 5.54 Å². The number of thiazole rings is 1. The number of hydrogen-bond donors (Lipinski definition) is 1. The van der Waals surface area contributed by atoms with Crippen molar-refractivity contribution in [2.24, 2.45) is 4.99 Å². The van der Waals surface area contributed by atoms with Crippen LogP contribution in [0.15, 0.2) is 10.4 Å². The van der Waals surface area contributed by atoms with Crippen LogP contribution in [0.4, 0.5) is 0 Å². The van der Waals surface area contributed by atoms with E-state index >= 15 is 0 Å². The van der Waals surface area contributed by atoms with Gasteiger partial charge < -0.3 is 10.1 Å². The fraction of sp³-hybridized carbons (Fsp3) is 0.692. The van der Waals surface area contributed by atoms with Crippen LogP contribution in [0.5, 0.6) is 0 Å². The number of nitrogens with one attached hydrogen (secondary N) is 1. The molecule has 1 spiro atoms. The highest BCUT2D eigenvalue weighted by atomic mass is 32.2. The van der Waals surface area contributed by atoms with Gasteiger partial charge in [-0.25, -0.2) is 4.98 Å². The summed E-state index contributed by atoms with van der Waals surface area (Å²) in [6, 6.07) is 0. The number of rotatable bonds is 3. The second kappa shape index (κ2) is 5.81. The first-order chi connectivity index (χ1) is 9.26. The molecule has 6 heteroatoms. The summed E-state index contributed by atoms with van der Waals surface area (Å²) < 4.78 is 5.44. The highest BCUT2D eigenvalue weighted by Crippen LogP contribution is 2.31. The molecule has 19 heavy (non-hydrogen) atoms. The van der Waals surface area contributed by atoms with Crippen molar-refractivity contribution >= 4 is 28.3 Å². The van der Waals surface area contributed by atoms with Crippen LogP contribution in [0.25, 0.3) is 0 Å². The van der Waals surface area contributed by atoms with Crippen molar-refractivity contribution < 1.29 is 4.74 Å². The molecule has 0 radical (unpaired) electrons. The average molecular weight is 297 g/mol. The fourth-order valence-electron chi connectivity index (χ4n) is 2.39. The van der Waals surface area contributed by atoms with Crippen molar-refractivity contribution in [1.29, 1.82) is 0 Å². The maximum Gasteiger partial charge on any atom is 0.157 e. The smallest absolute Gasteiger partial charge is 0.157 e. The number of nitrogens with zero attached hydrogens (tertiary/aromatic N) is 2. The Morgan fingerprint density at radius 2 is 2.32 bits per heavy atom. The van der Waals surface area contributed by atoms with Crippen LogP contribution in [0.3, 0.4) is 0 Å². The van der Waals surface area contributed by atoms with E-state index in [1.54, 1.807) is 11.3 Å². The number of hydrogen-bond acceptors (Lipinski definition) is 5. The molecule has 3 heterocycles. The van der Waals surface area contributed by atoms with Gasteiger partial charge in [-0.2, -0.15) is 0 Å². The Labute approximate surface area is 122 Å². The van der Waals surface area contributed by atoms with Crippen LogP contribution in [-0.2, 0) is 11.2 Å². The Morgan fingerprint density at radius 3 is 3.05 bits per heavy atom. The van der Waals surface area contributed by atoms with Gasteiger partial charge in [-0.3, -0.25) is 4.99 Å². The summed E-state index contributed by atoms with van der Waals surface area (Å²) in [4.78, 5) is 9.14. The zero-order valence-electron chi connectivity index (χ0n) is 11.1. The second-order valence-electron chi connectivity index (χ2n) is 5.13. The molecule has 104 valence electrons. The van der Waals surface area contributed by atoms with E-state index in [4.69, 9.17) is 4.74 Å². The molecule has 2 aliphatic heterocycles. The first kappa shape index (κ1) is 13.4. The molecule has 0 saturated carbocycles. The Morgan fingerprint density at radius 1 is 1.47 bits per heavy atom. The van der Waals surface area contributed by atoms with Crippen LogP contribution in [0, 0.1) is 6.92 Å². The van der Waals surface area contributed by atoms with Crippen LogP contribution >= 0.6 is 23.1 Å². The van der Waals surface area contributed by atoms with Crippen molar-refractivity contribution in [2.75, 3.05) is 25.5 Å². The predicted octanol–water partition coefficient (Wildman–Crippen LogP) is 2.24. The third-order valence-corrected chi connectivity index (χ3v) is 5.78. The molecule has 0 amide bonds. The highest BCUT2D eigenvalue weighted by molar-refractivity contribution is 8.14. The molecule has 0 atom stereocenters. The first-order valence-corrected chi connectivity index (χ1v) is 8.57. The number of aryl methyl sites for hydroxylation is 1. The minimum absolute atomic E-state index is 0.250. The topological polar surface area (TPSA) is 46.5 Å². The summed E-state index contributed by atoms with van der Waals surface area (Å²) in [6.07, 6.45) is 3.15. The third kappa shape index (κ3) is 3.30. The van der Waals surface area contributed by atoms with E-state index in [0.717, 1.165) is 55.6 Å². The molecule has 1 N–H and O–H groups in total. The molecule has 0 bridgehead atoms. The molecule has 0 aromatic carbocycles. The average Bonchev–Trinajstić information content (AvgIpc) is 2.99. The van der Waals surface area contributed by atoms with Gasteiger partial charge in [0.25, 0.3) is 0 Å². The van der Waals surface area contributed by atoms with Gasteiger partial charge in [0.1, 0.15) is 0 Å². The van der Waals surface area contributed by atoms with E-state index in [9.17, 15) is 0 Å². The summed E-state index contributed by atoms with van der Waals surface area (Å²) in [6.45, 7) is 4.61. The Hall–Kier alpha value is -0.590. The van der Waals surface area contributed by atoms with Crippen LogP contribution in [-0.4, -0.2) is 41.2 Å². The van der Waals surface area contributed by atoms with Crippen molar-refractivity contribution in [2.45, 2.75) is 31.7 Å². The van der Waals surface area contributed by atoms with Gasteiger partial charge in [0.2, 0.25) is 0 Å². The molecule has 1 aromatic rings. The van der Waals surface area contributed by atoms with Gasteiger partial charge in [0.15, 0.2) is 5.17 Å². The number of amidine groups is 1. The van der Waals surface area contributed by atoms with E-state index in [2.05, 4.69) is 20.7 Å². The van der Waals surface area contributed by atoms with Gasteiger partial charge >= 0.3 is 0 Å². The number of aliphatic imine (C=N–C) groups is 1. The minimum Gasteiger partial charge on any atom is -0.381 e. The lowest BCUT2D eigenvalue weighted by atomic mass is 9.93. The molecule has 4 nitrogen and oxygen atoms in total. The standard InChI is InChI=1S/C13H19N3OS2/c1-10-8-18-11(15-10)2-5-14-12-16-13(9-19-12)3-6-17-7-4-13/h8H,2-7,9H2,1H3,(H,14,16). The second-order valence-corrected chi connectivity index (χ2v) is 7.03. The summed E-state index contributed by atoms with van der Waals surface area (Å²) in [7, 11) is 0. The lowest BCUT2D eigenvalue weighted by Crippen LogP contribution is -2.48. The van der Waals surface area contributed by atoms with Crippen LogP contribution < -0.4 is 5.32 Å². The molecule has 0 aliphatic carbocycles. The summed E-state index contributed by atoms with van der Waals surface area (Å²) in [5.41, 5.74) is 1.36. The lowest BCUT2D eigenvalue weighted by molar-refractivity contribution is 0.0555. The number of thioether (sulfide) groups is 1. The zero-order valence-corrected chi connectivity index (χ0v) is 12.8. The van der Waals surface area contributed by atoms with E-state index < -0.39 is 0 Å². The highest BCUT2D eigenvalue weighted by Gasteiger charge is 2.38. The lowest BCUT2D eigenvalue weighted by Gasteiger charge is -2.32.